The molecule has 120 valence electrons. The number of imidazole rings is 1. The molecule has 1 aromatic carbocycles. The summed E-state index contributed by atoms with van der Waals surface area (Å²) in [6.07, 6.45) is 3.59. The first-order valence-corrected chi connectivity index (χ1v) is 8.23. The van der Waals surface area contributed by atoms with Crippen LogP contribution in [0.3, 0.4) is 0 Å². The second-order valence-electron chi connectivity index (χ2n) is 5.27. The molecule has 0 saturated carbocycles. The number of fused-ring (bicyclic) bond motifs is 3. The molecule has 0 bridgehead atoms. The van der Waals surface area contributed by atoms with Gasteiger partial charge in [-0.25, -0.2) is 19.3 Å². The van der Waals surface area contributed by atoms with Crippen LogP contribution in [0.5, 0.6) is 0 Å². The molecule has 4 aromatic rings. The summed E-state index contributed by atoms with van der Waals surface area (Å²) in [6, 6.07) is 6.32. The highest BCUT2D eigenvalue weighted by Gasteiger charge is 2.17. The van der Waals surface area contributed by atoms with E-state index in [4.69, 9.17) is 4.98 Å². The number of pyridine rings is 1. The van der Waals surface area contributed by atoms with Crippen molar-refractivity contribution in [3.05, 3.63) is 49.1 Å². The van der Waals surface area contributed by atoms with Gasteiger partial charge in [0.2, 0.25) is 0 Å². The summed E-state index contributed by atoms with van der Waals surface area (Å²) < 4.78 is 15.2. The monoisotopic (exact) mass is 339 g/mol. The maximum atomic E-state index is 13.2. The number of nitrogens with one attached hydrogen (secondary N) is 1. The zero-order valence-electron chi connectivity index (χ0n) is 13.0. The molecule has 0 saturated heterocycles. The van der Waals surface area contributed by atoms with Crippen molar-refractivity contribution in [3.8, 4) is 10.6 Å². The summed E-state index contributed by atoms with van der Waals surface area (Å²) in [5, 5.41) is 3.89. The van der Waals surface area contributed by atoms with Crippen LogP contribution in [0.15, 0.2) is 43.2 Å². The molecule has 0 fully saturated rings. The topological polar surface area (TPSA) is 55.6 Å². The van der Waals surface area contributed by atoms with Crippen molar-refractivity contribution in [1.29, 1.82) is 0 Å². The maximum absolute atomic E-state index is 13.2. The molecule has 0 aliphatic heterocycles. The van der Waals surface area contributed by atoms with Gasteiger partial charge in [0.1, 0.15) is 32.2 Å². The Morgan fingerprint density at radius 3 is 2.75 bits per heavy atom. The molecule has 0 amide bonds. The van der Waals surface area contributed by atoms with E-state index in [2.05, 4.69) is 21.9 Å². The molecule has 1 N–H and O–H groups in total. The normalized spacial score (nSPS) is 11.2. The Bertz CT molecular complexity index is 1050. The van der Waals surface area contributed by atoms with Crippen LogP contribution in [0.2, 0.25) is 0 Å². The summed E-state index contributed by atoms with van der Waals surface area (Å²) >= 11 is 1.48. The highest BCUT2D eigenvalue weighted by atomic mass is 32.1. The van der Waals surface area contributed by atoms with Gasteiger partial charge in [0.25, 0.3) is 0 Å². The second kappa shape index (κ2) is 5.68. The lowest BCUT2D eigenvalue weighted by Crippen LogP contribution is -1.97. The van der Waals surface area contributed by atoms with Crippen LogP contribution in [0.4, 0.5) is 10.2 Å². The molecule has 0 unspecified atom stereocenters. The van der Waals surface area contributed by atoms with E-state index in [0.29, 0.717) is 6.54 Å². The number of hydrogen-bond acceptors (Lipinski definition) is 5. The van der Waals surface area contributed by atoms with Gasteiger partial charge < -0.3 is 9.88 Å². The van der Waals surface area contributed by atoms with Crippen molar-refractivity contribution in [2.24, 2.45) is 0 Å². The first kappa shape index (κ1) is 14.8. The molecule has 3 aromatic heterocycles. The van der Waals surface area contributed by atoms with E-state index in [1.807, 2.05) is 17.7 Å². The van der Waals surface area contributed by atoms with Crippen molar-refractivity contribution in [2.45, 2.75) is 6.54 Å². The average Bonchev–Trinajstić information content (AvgIpc) is 3.19. The molecule has 5 nitrogen and oxygen atoms in total. The Balaban J connectivity index is 2.01. The van der Waals surface area contributed by atoms with Crippen LogP contribution < -0.4 is 5.32 Å². The molecular weight excluding hydrogens is 325 g/mol. The van der Waals surface area contributed by atoms with E-state index in [0.717, 1.165) is 37.8 Å². The lowest BCUT2D eigenvalue weighted by molar-refractivity contribution is 0.628. The summed E-state index contributed by atoms with van der Waals surface area (Å²) in [4.78, 5) is 14.6. The van der Waals surface area contributed by atoms with E-state index < -0.39 is 0 Å². The number of aromatic nitrogens is 4. The number of nitrogens with zero attached hydrogens (tertiary/aromatic N) is 4. The van der Waals surface area contributed by atoms with Gasteiger partial charge in [0.15, 0.2) is 5.82 Å². The van der Waals surface area contributed by atoms with Crippen LogP contribution in [-0.2, 0) is 6.54 Å². The molecule has 0 aliphatic rings. The Morgan fingerprint density at radius 2 is 2.04 bits per heavy atom. The predicted octanol–water partition coefficient (Wildman–Crippen LogP) is 4.07. The quantitative estimate of drug-likeness (QED) is 0.569. The van der Waals surface area contributed by atoms with E-state index in [1.165, 1.54) is 23.5 Å². The van der Waals surface area contributed by atoms with Gasteiger partial charge in [0, 0.05) is 19.2 Å². The first-order chi connectivity index (χ1) is 11.7. The third-order valence-corrected chi connectivity index (χ3v) is 4.76. The molecule has 4 rings (SSSR count). The predicted molar refractivity (Wildman–Crippen MR) is 95.8 cm³/mol. The fraction of sp³-hybridized carbons (Fsp3) is 0.118. The molecule has 7 heteroatoms. The highest BCUT2D eigenvalue weighted by molar-refractivity contribution is 7.21. The fourth-order valence-corrected chi connectivity index (χ4v) is 3.62. The third-order valence-electron chi connectivity index (χ3n) is 3.76. The van der Waals surface area contributed by atoms with E-state index in [9.17, 15) is 4.39 Å². The minimum atomic E-state index is -0.262. The van der Waals surface area contributed by atoms with Crippen molar-refractivity contribution in [2.75, 3.05) is 12.4 Å². The Hall–Kier alpha value is -2.80. The van der Waals surface area contributed by atoms with Crippen LogP contribution in [0.25, 0.3) is 32.0 Å². The molecule has 0 atom stereocenters. The number of hydrogen-bond donors (Lipinski definition) is 1. The SMILES string of the molecule is C=CCn1cnc2c(NC)nc3sc(-c4ccc(F)cc4)nc3c21. The molecular formula is C17H14FN5S. The Kier molecular flexibility index (Phi) is 3.50. The number of benzene rings is 1. The largest absolute Gasteiger partial charge is 0.371 e. The number of thiazole rings is 1. The second-order valence-corrected chi connectivity index (χ2v) is 6.25. The Morgan fingerprint density at radius 1 is 1.25 bits per heavy atom. The number of halogens is 1. The number of rotatable bonds is 4. The molecule has 0 radical (unpaired) electrons. The average molecular weight is 339 g/mol. The molecule has 3 heterocycles. The van der Waals surface area contributed by atoms with Gasteiger partial charge in [-0.15, -0.1) is 6.58 Å². The van der Waals surface area contributed by atoms with Crippen molar-refractivity contribution >= 4 is 38.5 Å². The Labute approximate surface area is 141 Å². The van der Waals surface area contributed by atoms with Crippen molar-refractivity contribution < 1.29 is 4.39 Å². The van der Waals surface area contributed by atoms with Gasteiger partial charge >= 0.3 is 0 Å². The highest BCUT2D eigenvalue weighted by Crippen LogP contribution is 2.35. The third kappa shape index (κ3) is 2.25. The van der Waals surface area contributed by atoms with E-state index >= 15 is 0 Å². The smallest absolute Gasteiger partial charge is 0.155 e. The standard InChI is InChI=1S/C17H14FN5S/c1-3-8-23-9-20-12-14(23)13-17(22-15(12)19-2)24-16(21-13)10-4-6-11(18)7-5-10/h3-7,9H,1,8H2,2H3,(H,19,22). The summed E-state index contributed by atoms with van der Waals surface area (Å²) in [7, 11) is 1.82. The van der Waals surface area contributed by atoms with Gasteiger partial charge in [-0.2, -0.15) is 0 Å². The minimum Gasteiger partial charge on any atom is -0.371 e. The van der Waals surface area contributed by atoms with Gasteiger partial charge in [-0.1, -0.05) is 17.4 Å². The summed E-state index contributed by atoms with van der Waals surface area (Å²) in [6.45, 7) is 4.43. The zero-order valence-corrected chi connectivity index (χ0v) is 13.8. The zero-order chi connectivity index (χ0) is 16.7. The summed E-state index contributed by atoms with van der Waals surface area (Å²) in [5.74, 6) is 0.455. The fourth-order valence-electron chi connectivity index (χ4n) is 2.67. The van der Waals surface area contributed by atoms with Crippen molar-refractivity contribution in [1.82, 2.24) is 19.5 Å². The lowest BCUT2D eigenvalue weighted by atomic mass is 10.2. The number of allylic oxidation sites excluding steroid dienone is 1. The molecule has 0 spiro atoms. The van der Waals surface area contributed by atoms with Crippen LogP contribution in [0.1, 0.15) is 0 Å². The van der Waals surface area contributed by atoms with E-state index in [-0.39, 0.29) is 5.82 Å². The van der Waals surface area contributed by atoms with Crippen LogP contribution >= 0.6 is 11.3 Å². The number of anilines is 1. The lowest BCUT2D eigenvalue weighted by Gasteiger charge is -2.03. The minimum absolute atomic E-state index is 0.262. The first-order valence-electron chi connectivity index (χ1n) is 7.41. The van der Waals surface area contributed by atoms with Crippen molar-refractivity contribution in [3.63, 3.8) is 0 Å². The van der Waals surface area contributed by atoms with Gasteiger partial charge in [-0.3, -0.25) is 0 Å². The molecule has 0 aliphatic carbocycles. The van der Waals surface area contributed by atoms with Crippen LogP contribution in [0, 0.1) is 5.82 Å². The van der Waals surface area contributed by atoms with Gasteiger partial charge in [0.05, 0.1) is 6.33 Å². The van der Waals surface area contributed by atoms with Crippen LogP contribution in [-0.4, -0.2) is 26.6 Å². The van der Waals surface area contributed by atoms with E-state index in [1.54, 1.807) is 18.5 Å². The van der Waals surface area contributed by atoms with Gasteiger partial charge in [-0.05, 0) is 24.3 Å². The maximum Gasteiger partial charge on any atom is 0.155 e. The summed E-state index contributed by atoms with van der Waals surface area (Å²) in [5.41, 5.74) is 3.37. The molecule has 24 heavy (non-hydrogen) atoms.